The Labute approximate surface area is 129 Å². The number of hydrogen-bond donors (Lipinski definition) is 1. The Bertz CT molecular complexity index is 548. The van der Waals surface area contributed by atoms with Crippen molar-refractivity contribution in [2.24, 2.45) is 0 Å². The van der Waals surface area contributed by atoms with Gasteiger partial charge in [-0.2, -0.15) is 10.5 Å². The second-order valence-corrected chi connectivity index (χ2v) is 4.12. The molecule has 1 rings (SSSR count). The molecule has 1 aromatic carbocycles. The van der Waals surface area contributed by atoms with Crippen LogP contribution < -0.4 is 4.74 Å². The second-order valence-electron chi connectivity index (χ2n) is 4.12. The number of nitriles is 2. The molecule has 0 bridgehead atoms. The molecule has 1 N–H and O–H groups in total. The van der Waals surface area contributed by atoms with Gasteiger partial charge in [-0.05, 0) is 12.1 Å². The Morgan fingerprint density at radius 1 is 0.909 bits per heavy atom. The number of rotatable bonds is 10. The summed E-state index contributed by atoms with van der Waals surface area (Å²) in [7, 11) is 1.60. The van der Waals surface area contributed by atoms with Gasteiger partial charge in [0.15, 0.2) is 0 Å². The fourth-order valence-electron chi connectivity index (χ4n) is 1.59. The van der Waals surface area contributed by atoms with Gasteiger partial charge in [-0.25, -0.2) is 0 Å². The molecule has 0 amide bonds. The summed E-state index contributed by atoms with van der Waals surface area (Å²) in [6.45, 7) is 2.50. The summed E-state index contributed by atoms with van der Waals surface area (Å²) in [5.41, 5.74) is -0.0714. The quantitative estimate of drug-likeness (QED) is 0.647. The molecule has 0 spiro atoms. The average Bonchev–Trinajstić information content (AvgIpc) is 2.53. The molecule has 0 fully saturated rings. The van der Waals surface area contributed by atoms with Gasteiger partial charge in [-0.1, -0.05) is 0 Å². The highest BCUT2D eigenvalue weighted by molar-refractivity contribution is 5.59. The van der Waals surface area contributed by atoms with Gasteiger partial charge in [0.25, 0.3) is 0 Å². The summed E-state index contributed by atoms with van der Waals surface area (Å²) in [5, 5.41) is 27.5. The van der Waals surface area contributed by atoms with Gasteiger partial charge in [-0.3, -0.25) is 0 Å². The van der Waals surface area contributed by atoms with E-state index in [4.69, 9.17) is 29.5 Å². The largest absolute Gasteiger partial charge is 0.507 e. The first kappa shape index (κ1) is 17.7. The van der Waals surface area contributed by atoms with Crippen LogP contribution in [0.3, 0.4) is 0 Å². The molecule has 118 valence electrons. The SMILES string of the molecule is COCCOCCOCCOc1ccc(O)c(C#N)c1C#N. The minimum atomic E-state index is -0.240. The lowest BCUT2D eigenvalue weighted by Crippen LogP contribution is -2.12. The smallest absolute Gasteiger partial charge is 0.138 e. The molecule has 0 saturated carbocycles. The molecule has 0 atom stereocenters. The zero-order valence-electron chi connectivity index (χ0n) is 12.4. The van der Waals surface area contributed by atoms with Crippen molar-refractivity contribution in [1.82, 2.24) is 0 Å². The maximum absolute atomic E-state index is 9.50. The van der Waals surface area contributed by atoms with Gasteiger partial charge in [-0.15, -0.1) is 0 Å². The molecular formula is C15H18N2O5. The number of aromatic hydroxyl groups is 1. The van der Waals surface area contributed by atoms with E-state index in [2.05, 4.69) is 0 Å². The average molecular weight is 306 g/mol. The van der Waals surface area contributed by atoms with Crippen molar-refractivity contribution in [3.05, 3.63) is 23.3 Å². The lowest BCUT2D eigenvalue weighted by Gasteiger charge is -2.10. The van der Waals surface area contributed by atoms with Crippen molar-refractivity contribution < 1.29 is 24.1 Å². The highest BCUT2D eigenvalue weighted by Crippen LogP contribution is 2.28. The van der Waals surface area contributed by atoms with Crippen LogP contribution in [0.25, 0.3) is 0 Å². The lowest BCUT2D eigenvalue weighted by molar-refractivity contribution is 0.0179. The van der Waals surface area contributed by atoms with Crippen LogP contribution in [0.5, 0.6) is 11.5 Å². The van der Waals surface area contributed by atoms with Crippen LogP contribution >= 0.6 is 0 Å². The number of ether oxygens (including phenoxy) is 4. The minimum Gasteiger partial charge on any atom is -0.507 e. The highest BCUT2D eigenvalue weighted by atomic mass is 16.6. The summed E-state index contributed by atoms with van der Waals surface area (Å²) >= 11 is 0. The van der Waals surface area contributed by atoms with Gasteiger partial charge in [0.1, 0.15) is 41.4 Å². The lowest BCUT2D eigenvalue weighted by atomic mass is 10.1. The third-order valence-corrected chi connectivity index (χ3v) is 2.66. The van der Waals surface area contributed by atoms with E-state index in [1.54, 1.807) is 13.2 Å². The molecule has 22 heavy (non-hydrogen) atoms. The summed E-state index contributed by atoms with van der Waals surface area (Å²) in [6.07, 6.45) is 0. The van der Waals surface area contributed by atoms with Gasteiger partial charge in [0, 0.05) is 7.11 Å². The van der Waals surface area contributed by atoms with E-state index >= 15 is 0 Å². The maximum atomic E-state index is 9.50. The molecule has 0 aliphatic rings. The molecule has 0 saturated heterocycles. The second kappa shape index (κ2) is 10.4. The highest BCUT2D eigenvalue weighted by Gasteiger charge is 2.13. The molecule has 0 heterocycles. The summed E-state index contributed by atoms with van der Waals surface area (Å²) in [6, 6.07) is 6.40. The Morgan fingerprint density at radius 2 is 1.50 bits per heavy atom. The Morgan fingerprint density at radius 3 is 2.09 bits per heavy atom. The van der Waals surface area contributed by atoms with E-state index in [1.165, 1.54) is 12.1 Å². The molecular weight excluding hydrogens is 288 g/mol. The van der Waals surface area contributed by atoms with E-state index in [0.29, 0.717) is 33.0 Å². The molecule has 0 aliphatic heterocycles. The van der Waals surface area contributed by atoms with Crippen LogP contribution in [0.2, 0.25) is 0 Å². The number of phenols is 1. The summed E-state index contributed by atoms with van der Waals surface area (Å²) < 4.78 is 20.8. The van der Waals surface area contributed by atoms with Crippen LogP contribution in [-0.2, 0) is 14.2 Å². The van der Waals surface area contributed by atoms with Crippen molar-refractivity contribution in [2.45, 2.75) is 0 Å². The number of phenolic OH excluding ortho intramolecular Hbond substituents is 1. The first-order valence-electron chi connectivity index (χ1n) is 6.68. The van der Waals surface area contributed by atoms with Gasteiger partial charge >= 0.3 is 0 Å². The van der Waals surface area contributed by atoms with Gasteiger partial charge in [0.05, 0.1) is 33.0 Å². The molecule has 0 aromatic heterocycles. The van der Waals surface area contributed by atoms with E-state index in [0.717, 1.165) is 0 Å². The maximum Gasteiger partial charge on any atom is 0.138 e. The molecule has 1 aromatic rings. The summed E-state index contributed by atoms with van der Waals surface area (Å²) in [4.78, 5) is 0. The molecule has 0 unspecified atom stereocenters. The molecule has 0 aliphatic carbocycles. The number of nitrogens with zero attached hydrogens (tertiary/aromatic N) is 2. The van der Waals surface area contributed by atoms with Crippen LogP contribution in [0.4, 0.5) is 0 Å². The van der Waals surface area contributed by atoms with Crippen molar-refractivity contribution >= 4 is 0 Å². The van der Waals surface area contributed by atoms with Crippen LogP contribution in [0, 0.1) is 22.7 Å². The topological polar surface area (TPSA) is 105 Å². The van der Waals surface area contributed by atoms with E-state index in [9.17, 15) is 5.11 Å². The fourth-order valence-corrected chi connectivity index (χ4v) is 1.59. The predicted octanol–water partition coefficient (Wildman–Crippen LogP) is 1.19. The molecule has 7 nitrogen and oxygen atoms in total. The third kappa shape index (κ3) is 5.58. The Hall–Kier alpha value is -2.32. The minimum absolute atomic E-state index is 0.0189. The van der Waals surface area contributed by atoms with E-state index in [-0.39, 0.29) is 29.2 Å². The first-order valence-corrected chi connectivity index (χ1v) is 6.68. The standard InChI is InChI=1S/C15H18N2O5/c1-19-4-5-20-6-7-21-8-9-22-15-3-2-14(18)12(10-16)13(15)11-17/h2-3,18H,4-9H2,1H3. The number of hydrogen-bond acceptors (Lipinski definition) is 7. The fraction of sp³-hybridized carbons (Fsp3) is 0.467. The molecule has 0 radical (unpaired) electrons. The molecule has 7 heteroatoms. The normalized spacial score (nSPS) is 9.95. The van der Waals surface area contributed by atoms with E-state index < -0.39 is 0 Å². The zero-order chi connectivity index (χ0) is 16.2. The monoisotopic (exact) mass is 306 g/mol. The van der Waals surface area contributed by atoms with Crippen LogP contribution in [-0.4, -0.2) is 51.9 Å². The third-order valence-electron chi connectivity index (χ3n) is 2.66. The van der Waals surface area contributed by atoms with Crippen molar-refractivity contribution in [3.8, 4) is 23.6 Å². The van der Waals surface area contributed by atoms with Crippen molar-refractivity contribution in [3.63, 3.8) is 0 Å². The van der Waals surface area contributed by atoms with Crippen molar-refractivity contribution in [1.29, 1.82) is 10.5 Å². The number of benzene rings is 1. The first-order chi connectivity index (χ1) is 10.7. The van der Waals surface area contributed by atoms with Gasteiger partial charge < -0.3 is 24.1 Å². The number of methoxy groups -OCH3 is 1. The predicted molar refractivity (Wildman–Crippen MR) is 76.5 cm³/mol. The van der Waals surface area contributed by atoms with Crippen LogP contribution in [0.15, 0.2) is 12.1 Å². The zero-order valence-corrected chi connectivity index (χ0v) is 12.4. The van der Waals surface area contributed by atoms with E-state index in [1.807, 2.05) is 6.07 Å². The van der Waals surface area contributed by atoms with Crippen molar-refractivity contribution in [2.75, 3.05) is 46.8 Å². The van der Waals surface area contributed by atoms with Gasteiger partial charge in [0.2, 0.25) is 0 Å². The Kier molecular flexibility index (Phi) is 8.39. The van der Waals surface area contributed by atoms with Crippen LogP contribution in [0.1, 0.15) is 11.1 Å². The summed E-state index contributed by atoms with van der Waals surface area (Å²) in [5.74, 6) is 0.00709. The Balaban J connectivity index is 2.32.